The summed E-state index contributed by atoms with van der Waals surface area (Å²) >= 11 is 0. The first kappa shape index (κ1) is 13.3. The van der Waals surface area contributed by atoms with Crippen LogP contribution in [0.5, 0.6) is 0 Å². The number of hydrogen-bond donors (Lipinski definition) is 0. The highest BCUT2D eigenvalue weighted by molar-refractivity contribution is 7.78. The van der Waals surface area contributed by atoms with E-state index in [9.17, 15) is 8.96 Å². The van der Waals surface area contributed by atoms with Gasteiger partial charge in [-0.25, -0.2) is 4.39 Å². The molecule has 4 heteroatoms. The van der Waals surface area contributed by atoms with Gasteiger partial charge in [0.1, 0.15) is 5.82 Å². The molecule has 0 bridgehead atoms. The molecule has 1 aliphatic heterocycles. The van der Waals surface area contributed by atoms with E-state index >= 15 is 0 Å². The Balaban J connectivity index is 2.16. The van der Waals surface area contributed by atoms with E-state index in [1.165, 1.54) is 12.1 Å². The molecule has 1 aliphatic rings. The average molecular weight is 288 g/mol. The highest BCUT2D eigenvalue weighted by atomic mass is 31.2. The van der Waals surface area contributed by atoms with Gasteiger partial charge in [0.25, 0.3) is 7.37 Å². The molecule has 20 heavy (non-hydrogen) atoms. The molecule has 3 rings (SSSR count). The molecule has 0 amide bonds. The first-order valence-corrected chi connectivity index (χ1v) is 8.10. The third kappa shape index (κ3) is 2.04. The van der Waals surface area contributed by atoms with Crippen LogP contribution in [0.1, 0.15) is 18.1 Å². The summed E-state index contributed by atoms with van der Waals surface area (Å²) in [6, 6.07) is 13.5. The summed E-state index contributed by atoms with van der Waals surface area (Å²) < 4.78 is 31.9. The minimum Gasteiger partial charge on any atom is -0.322 e. The maximum absolute atomic E-state index is 13.3. The Morgan fingerprint density at radius 2 is 1.80 bits per heavy atom. The number of halogens is 1. The quantitative estimate of drug-likeness (QED) is 0.788. The molecule has 2 aromatic rings. The summed E-state index contributed by atoms with van der Waals surface area (Å²) in [6.45, 7) is 2.19. The molecule has 0 N–H and O–H groups in total. The molecule has 1 heterocycles. The Hall–Kier alpha value is -1.70. The highest BCUT2D eigenvalue weighted by Crippen LogP contribution is 2.63. The van der Waals surface area contributed by atoms with Crippen LogP contribution in [0.25, 0.3) is 11.4 Å². The fourth-order valence-electron chi connectivity index (χ4n) is 2.43. The Labute approximate surface area is 117 Å². The largest absolute Gasteiger partial charge is 0.322 e. The molecule has 0 saturated heterocycles. The van der Waals surface area contributed by atoms with Crippen LogP contribution in [-0.4, -0.2) is 6.61 Å². The maximum Gasteiger partial charge on any atom is 0.262 e. The van der Waals surface area contributed by atoms with Gasteiger partial charge in [-0.2, -0.15) is 0 Å². The van der Waals surface area contributed by atoms with Crippen LogP contribution >= 0.6 is 7.37 Å². The third-order valence-corrected chi connectivity index (χ3v) is 6.00. The molecular formula is C16H14FO2P. The zero-order valence-electron chi connectivity index (χ0n) is 11.0. The van der Waals surface area contributed by atoms with Crippen molar-refractivity contribution in [2.24, 2.45) is 0 Å². The molecule has 0 spiro atoms. The minimum absolute atomic E-state index is 0.309. The second kappa shape index (κ2) is 5.01. The van der Waals surface area contributed by atoms with Crippen molar-refractivity contribution in [3.63, 3.8) is 0 Å². The van der Waals surface area contributed by atoms with Gasteiger partial charge in [0.15, 0.2) is 0 Å². The van der Waals surface area contributed by atoms with Gasteiger partial charge in [0, 0.05) is 10.6 Å². The van der Waals surface area contributed by atoms with E-state index < -0.39 is 7.37 Å². The van der Waals surface area contributed by atoms with E-state index in [0.717, 1.165) is 16.4 Å². The van der Waals surface area contributed by atoms with Gasteiger partial charge in [0.2, 0.25) is 0 Å². The average Bonchev–Trinajstić information content (AvgIpc) is 2.74. The molecule has 1 unspecified atom stereocenters. The first-order valence-electron chi connectivity index (χ1n) is 6.47. The molecule has 2 aromatic carbocycles. The van der Waals surface area contributed by atoms with Crippen LogP contribution in [0.3, 0.4) is 0 Å². The SMILES string of the molecule is CCOP1(=O)C(c2ccc(F)cc2)=Cc2ccccc21. The van der Waals surface area contributed by atoms with Crippen LogP contribution in [0, 0.1) is 5.82 Å². The molecule has 0 saturated carbocycles. The van der Waals surface area contributed by atoms with Crippen LogP contribution in [0.15, 0.2) is 48.5 Å². The lowest BCUT2D eigenvalue weighted by atomic mass is 10.1. The summed E-state index contributed by atoms with van der Waals surface area (Å²) in [5.74, 6) is -0.309. The molecule has 2 nitrogen and oxygen atoms in total. The van der Waals surface area contributed by atoms with Crippen molar-refractivity contribution >= 4 is 24.1 Å². The predicted molar refractivity (Wildman–Crippen MR) is 79.6 cm³/mol. The fraction of sp³-hybridized carbons (Fsp3) is 0.125. The van der Waals surface area contributed by atoms with Crippen molar-refractivity contribution in [3.8, 4) is 0 Å². The number of benzene rings is 2. The van der Waals surface area contributed by atoms with E-state index in [0.29, 0.717) is 11.9 Å². The van der Waals surface area contributed by atoms with Crippen LogP contribution < -0.4 is 5.30 Å². The second-order valence-electron chi connectivity index (χ2n) is 4.56. The first-order chi connectivity index (χ1) is 9.65. The summed E-state index contributed by atoms with van der Waals surface area (Å²) in [5, 5.41) is 1.36. The molecule has 0 aliphatic carbocycles. The predicted octanol–water partition coefficient (Wildman–Crippen LogP) is 4.28. The van der Waals surface area contributed by atoms with Crippen molar-refractivity contribution < 1.29 is 13.5 Å². The van der Waals surface area contributed by atoms with Crippen LogP contribution in [0.4, 0.5) is 4.39 Å². The fourth-order valence-corrected chi connectivity index (χ4v) is 4.90. The lowest BCUT2D eigenvalue weighted by molar-refractivity contribution is 0.349. The monoisotopic (exact) mass is 288 g/mol. The van der Waals surface area contributed by atoms with E-state index in [-0.39, 0.29) is 5.82 Å². The maximum atomic E-state index is 13.3. The normalized spacial score (nSPS) is 20.6. The summed E-state index contributed by atoms with van der Waals surface area (Å²) in [5.41, 5.74) is 1.64. The lowest BCUT2D eigenvalue weighted by Gasteiger charge is -2.17. The van der Waals surface area contributed by atoms with Gasteiger partial charge < -0.3 is 4.52 Å². The zero-order chi connectivity index (χ0) is 14.2. The number of fused-ring (bicyclic) bond motifs is 1. The van der Waals surface area contributed by atoms with Crippen molar-refractivity contribution in [2.75, 3.05) is 6.61 Å². The molecular weight excluding hydrogens is 274 g/mol. The topological polar surface area (TPSA) is 26.3 Å². The smallest absolute Gasteiger partial charge is 0.262 e. The van der Waals surface area contributed by atoms with Crippen molar-refractivity contribution in [2.45, 2.75) is 6.92 Å². The third-order valence-electron chi connectivity index (χ3n) is 3.31. The van der Waals surface area contributed by atoms with E-state index in [1.807, 2.05) is 37.3 Å². The standard InChI is InChI=1S/C16H14FO2P/c1-2-19-20(18)15-6-4-3-5-13(15)11-16(20)12-7-9-14(17)10-8-12/h3-11H,2H2,1H3. The van der Waals surface area contributed by atoms with Gasteiger partial charge >= 0.3 is 0 Å². The number of hydrogen-bond acceptors (Lipinski definition) is 2. The van der Waals surface area contributed by atoms with Gasteiger partial charge in [-0.15, -0.1) is 0 Å². The Morgan fingerprint density at radius 3 is 2.50 bits per heavy atom. The van der Waals surface area contributed by atoms with Gasteiger partial charge in [-0.1, -0.05) is 30.3 Å². The molecule has 0 radical (unpaired) electrons. The Kier molecular flexibility index (Phi) is 3.33. The summed E-state index contributed by atoms with van der Waals surface area (Å²) in [4.78, 5) is 0. The van der Waals surface area contributed by atoms with Crippen LogP contribution in [-0.2, 0) is 9.09 Å². The Bertz CT molecular complexity index is 720. The summed E-state index contributed by atoms with van der Waals surface area (Å²) in [6.07, 6.45) is 1.87. The van der Waals surface area contributed by atoms with Crippen molar-refractivity contribution in [1.82, 2.24) is 0 Å². The minimum atomic E-state index is -3.07. The molecule has 1 atom stereocenters. The molecule has 0 aromatic heterocycles. The van der Waals surface area contributed by atoms with Gasteiger partial charge in [0.05, 0.1) is 6.61 Å². The molecule has 0 fully saturated rings. The van der Waals surface area contributed by atoms with Crippen molar-refractivity contribution in [3.05, 3.63) is 65.5 Å². The van der Waals surface area contributed by atoms with E-state index in [1.54, 1.807) is 12.1 Å². The van der Waals surface area contributed by atoms with Crippen molar-refractivity contribution in [1.29, 1.82) is 0 Å². The summed E-state index contributed by atoms with van der Waals surface area (Å²) in [7, 11) is -3.07. The van der Waals surface area contributed by atoms with Crippen LogP contribution in [0.2, 0.25) is 0 Å². The number of rotatable bonds is 3. The zero-order valence-corrected chi connectivity index (χ0v) is 11.9. The lowest BCUT2D eigenvalue weighted by Crippen LogP contribution is -2.07. The Morgan fingerprint density at radius 1 is 1.10 bits per heavy atom. The van der Waals surface area contributed by atoms with E-state index in [4.69, 9.17) is 4.52 Å². The second-order valence-corrected chi connectivity index (χ2v) is 6.89. The van der Waals surface area contributed by atoms with E-state index in [2.05, 4.69) is 0 Å². The molecule has 102 valence electrons. The van der Waals surface area contributed by atoms with Gasteiger partial charge in [-0.3, -0.25) is 4.57 Å². The van der Waals surface area contributed by atoms with Gasteiger partial charge in [-0.05, 0) is 42.3 Å². The highest BCUT2D eigenvalue weighted by Gasteiger charge is 2.37.